The van der Waals surface area contributed by atoms with Crippen LogP contribution in [0, 0.1) is 41.5 Å². The minimum atomic E-state index is -3.39. The summed E-state index contributed by atoms with van der Waals surface area (Å²) < 4.78 is 15.0. The van der Waals surface area contributed by atoms with E-state index in [4.69, 9.17) is 18.8 Å². The van der Waals surface area contributed by atoms with E-state index in [-0.39, 0.29) is 0 Å². The van der Waals surface area contributed by atoms with E-state index >= 15 is 0 Å². The van der Waals surface area contributed by atoms with E-state index in [0.717, 1.165) is 89.7 Å². The van der Waals surface area contributed by atoms with E-state index in [1.807, 2.05) is 12.1 Å². The highest BCUT2D eigenvalue weighted by Gasteiger charge is 2.57. The van der Waals surface area contributed by atoms with Gasteiger partial charge in [-0.1, -0.05) is 157 Å². The Hall–Kier alpha value is -9.04. The first-order chi connectivity index (χ1) is 36.7. The van der Waals surface area contributed by atoms with Gasteiger partial charge in [0.2, 0.25) is 11.8 Å². The molecule has 7 heteroatoms. The van der Waals surface area contributed by atoms with E-state index in [1.54, 1.807) is 0 Å². The fourth-order valence-corrected chi connectivity index (χ4v) is 18.0. The smallest absolute Gasteiger partial charge is 0.227 e. The van der Waals surface area contributed by atoms with Gasteiger partial charge in [0.25, 0.3) is 0 Å². The summed E-state index contributed by atoms with van der Waals surface area (Å²) in [5, 5.41) is 5.11. The van der Waals surface area contributed by atoms with E-state index in [9.17, 15) is 0 Å². The summed E-state index contributed by atoms with van der Waals surface area (Å²) in [6, 6.07) is 74.8. The lowest BCUT2D eigenvalue weighted by atomic mass is 9.99. The van der Waals surface area contributed by atoms with Crippen LogP contribution in [-0.2, 0) is 0 Å². The van der Waals surface area contributed by atoms with Crippen LogP contribution in [0.1, 0.15) is 33.4 Å². The van der Waals surface area contributed by atoms with Crippen LogP contribution in [0.25, 0.3) is 67.4 Å². The Kier molecular flexibility index (Phi) is 10.1. The standard InChI is InChI=1S/C68H52N4O2Si/c1-41-31-35-49(36-32-41)71(63-43(3)19-17-20-44(63)4)53-39-57-59(65-61(53)69-67(73-65)47-23-9-7-10-24-47)60-58(75(57)55-29-15-13-27-51(55)52-28-14-16-30-56(52)75)40-54(62-66(60)74-68(70-62)48-25-11-8-12-26-48)72(50-37-33-42(2)34-38-50)64-45(5)21-18-22-46(64)6/h7-40H,1-6H3. The number of para-hydroxylation sites is 2. The third-order valence-electron chi connectivity index (χ3n) is 15.7. The van der Waals surface area contributed by atoms with Crippen LogP contribution < -0.4 is 30.5 Å². The fraction of sp³-hybridized carbons (Fsp3) is 0.0882. The molecule has 0 saturated carbocycles. The molecule has 360 valence electrons. The highest BCUT2D eigenvalue weighted by molar-refractivity contribution is 7.24. The number of oxazole rings is 2. The van der Waals surface area contributed by atoms with Crippen LogP contribution in [0.3, 0.4) is 0 Å². The van der Waals surface area contributed by atoms with Gasteiger partial charge >= 0.3 is 0 Å². The zero-order chi connectivity index (χ0) is 50.7. The Balaban J connectivity index is 1.21. The minimum Gasteiger partial charge on any atom is -0.435 e. The Labute approximate surface area is 437 Å². The molecule has 0 aliphatic carbocycles. The Morgan fingerprint density at radius 3 is 1.11 bits per heavy atom. The lowest BCUT2D eigenvalue weighted by Gasteiger charge is -2.33. The second-order valence-electron chi connectivity index (χ2n) is 20.4. The van der Waals surface area contributed by atoms with Crippen molar-refractivity contribution in [2.24, 2.45) is 0 Å². The Morgan fingerprint density at radius 2 is 0.720 bits per heavy atom. The number of rotatable bonds is 8. The molecule has 75 heavy (non-hydrogen) atoms. The van der Waals surface area contributed by atoms with E-state index in [0.29, 0.717) is 22.9 Å². The molecule has 0 amide bonds. The van der Waals surface area contributed by atoms with E-state index in [1.165, 1.54) is 43.0 Å². The van der Waals surface area contributed by atoms with Crippen LogP contribution in [0.15, 0.2) is 215 Å². The number of benzene rings is 10. The van der Waals surface area contributed by atoms with Crippen LogP contribution in [0.4, 0.5) is 34.1 Å². The average Bonchev–Trinajstić information content (AvgIpc) is 4.39. The molecule has 0 saturated heterocycles. The third kappa shape index (κ3) is 6.64. The quantitative estimate of drug-likeness (QED) is 0.141. The maximum absolute atomic E-state index is 7.49. The summed E-state index contributed by atoms with van der Waals surface area (Å²) in [7, 11) is -3.39. The molecular weight excluding hydrogens is 933 g/mol. The summed E-state index contributed by atoms with van der Waals surface area (Å²) in [6.07, 6.45) is 0. The largest absolute Gasteiger partial charge is 0.435 e. The van der Waals surface area contributed by atoms with Crippen molar-refractivity contribution in [2.75, 3.05) is 9.80 Å². The molecule has 2 aromatic heterocycles. The second kappa shape index (κ2) is 17.0. The molecule has 0 radical (unpaired) electrons. The fourth-order valence-electron chi connectivity index (χ4n) is 12.4. The number of aryl methyl sites for hydroxylation is 6. The van der Waals surface area contributed by atoms with Crippen molar-refractivity contribution >= 4 is 85.1 Å². The molecule has 0 atom stereocenters. The highest BCUT2D eigenvalue weighted by atomic mass is 28.3. The predicted molar refractivity (Wildman–Crippen MR) is 312 cm³/mol. The first-order valence-corrected chi connectivity index (χ1v) is 27.8. The van der Waals surface area contributed by atoms with Crippen molar-refractivity contribution < 1.29 is 8.83 Å². The number of hydrogen-bond acceptors (Lipinski definition) is 6. The molecule has 10 aromatic carbocycles. The Bertz CT molecular complexity index is 3940. The summed E-state index contributed by atoms with van der Waals surface area (Å²) in [5.41, 5.74) is 22.5. The highest BCUT2D eigenvalue weighted by Crippen LogP contribution is 2.52. The maximum atomic E-state index is 7.49. The van der Waals surface area contributed by atoms with Gasteiger partial charge in [-0.05, 0) is 156 Å². The number of anilines is 6. The van der Waals surface area contributed by atoms with Crippen molar-refractivity contribution in [3.63, 3.8) is 0 Å². The predicted octanol–water partition coefficient (Wildman–Crippen LogP) is 15.4. The van der Waals surface area contributed by atoms with Crippen LogP contribution in [0.5, 0.6) is 0 Å². The first-order valence-electron chi connectivity index (χ1n) is 25.8. The number of fused-ring (bicyclic) bond motifs is 14. The van der Waals surface area contributed by atoms with E-state index < -0.39 is 8.07 Å². The molecule has 14 rings (SSSR count). The zero-order valence-electron chi connectivity index (χ0n) is 42.7. The molecular formula is C68H52N4O2Si. The zero-order valence-corrected chi connectivity index (χ0v) is 43.7. The first kappa shape index (κ1) is 44.6. The van der Waals surface area contributed by atoms with Gasteiger partial charge in [-0.15, -0.1) is 0 Å². The van der Waals surface area contributed by atoms with Gasteiger partial charge in [-0.2, -0.15) is 0 Å². The molecule has 0 unspecified atom stereocenters. The number of nitrogens with zero attached hydrogens (tertiary/aromatic N) is 4. The summed E-state index contributed by atoms with van der Waals surface area (Å²) >= 11 is 0. The van der Waals surface area contributed by atoms with Gasteiger partial charge in [0.05, 0.1) is 22.7 Å². The van der Waals surface area contributed by atoms with Gasteiger partial charge in [0.15, 0.2) is 19.2 Å². The molecule has 4 heterocycles. The molecule has 0 fully saturated rings. The third-order valence-corrected chi connectivity index (χ3v) is 20.6. The lowest BCUT2D eigenvalue weighted by Crippen LogP contribution is -2.70. The van der Waals surface area contributed by atoms with Gasteiger partial charge in [-0.25, -0.2) is 9.97 Å². The van der Waals surface area contributed by atoms with Gasteiger partial charge < -0.3 is 18.6 Å². The molecule has 0 N–H and O–H groups in total. The van der Waals surface area contributed by atoms with Crippen LogP contribution >= 0.6 is 0 Å². The van der Waals surface area contributed by atoms with Crippen molar-refractivity contribution in [1.29, 1.82) is 0 Å². The van der Waals surface area contributed by atoms with Crippen LogP contribution in [-0.4, -0.2) is 18.0 Å². The molecule has 6 nitrogen and oxygen atoms in total. The van der Waals surface area contributed by atoms with Crippen molar-refractivity contribution in [3.8, 4) is 45.2 Å². The lowest BCUT2D eigenvalue weighted by molar-refractivity contribution is 0.617. The van der Waals surface area contributed by atoms with E-state index in [2.05, 4.69) is 245 Å². The summed E-state index contributed by atoms with van der Waals surface area (Å²) in [5.74, 6) is 1.11. The molecule has 2 aliphatic heterocycles. The maximum Gasteiger partial charge on any atom is 0.227 e. The molecule has 2 aliphatic rings. The minimum absolute atomic E-state index is 0.554. The van der Waals surface area contributed by atoms with Gasteiger partial charge in [0.1, 0.15) is 11.0 Å². The normalized spacial score (nSPS) is 12.8. The second-order valence-corrected chi connectivity index (χ2v) is 24.1. The average molecular weight is 985 g/mol. The van der Waals surface area contributed by atoms with Crippen molar-refractivity contribution in [3.05, 3.63) is 240 Å². The van der Waals surface area contributed by atoms with Crippen LogP contribution in [0.2, 0.25) is 0 Å². The van der Waals surface area contributed by atoms with Gasteiger partial charge in [0, 0.05) is 33.6 Å². The topological polar surface area (TPSA) is 58.5 Å². The van der Waals surface area contributed by atoms with Gasteiger partial charge in [-0.3, -0.25) is 0 Å². The number of hydrogen-bond donors (Lipinski definition) is 0. The monoisotopic (exact) mass is 984 g/mol. The van der Waals surface area contributed by atoms with Crippen molar-refractivity contribution in [1.82, 2.24) is 9.97 Å². The molecule has 1 spiro atoms. The Morgan fingerprint density at radius 1 is 0.360 bits per heavy atom. The summed E-state index contributed by atoms with van der Waals surface area (Å²) in [4.78, 5) is 16.1. The SMILES string of the molecule is Cc1ccc(N(c2c(C)cccc2C)c2cc3c(c4oc(-c5ccccc5)nc24)-c2c(cc(N(c4ccc(C)cc4)c4c(C)cccc4C)c4nc(-c5ccccc5)oc24)[Si]32c3ccccc3-c3ccccc32)cc1. The number of aromatic nitrogens is 2. The molecule has 0 bridgehead atoms. The molecule has 12 aromatic rings. The summed E-state index contributed by atoms with van der Waals surface area (Å²) in [6.45, 7) is 13.1. The van der Waals surface area contributed by atoms with Crippen molar-refractivity contribution in [2.45, 2.75) is 41.5 Å².